The highest BCUT2D eigenvalue weighted by Crippen LogP contribution is 2.34. The van der Waals surface area contributed by atoms with Crippen molar-refractivity contribution in [2.45, 2.75) is 6.92 Å². The Labute approximate surface area is 144 Å². The number of fused-ring (bicyclic) bond motifs is 4. The van der Waals surface area contributed by atoms with Gasteiger partial charge < -0.3 is 9.55 Å². The summed E-state index contributed by atoms with van der Waals surface area (Å²) in [5, 5.41) is 4.19. The van der Waals surface area contributed by atoms with E-state index in [1.54, 1.807) is 6.20 Å². The van der Waals surface area contributed by atoms with Gasteiger partial charge in [0, 0.05) is 28.0 Å². The summed E-state index contributed by atoms with van der Waals surface area (Å²) in [6.45, 7) is 2.15. The lowest BCUT2D eigenvalue weighted by molar-refractivity contribution is 1.18. The van der Waals surface area contributed by atoms with E-state index in [2.05, 4.69) is 65.0 Å². The average Bonchev–Trinajstić information content (AvgIpc) is 2.97. The standard InChI is InChI=1S/C22H16N2O/c1-14-5-4-8-20-21(14)18-6-2-3-7-19(18)24(20)16-9-10-17-15(13-16)11-12-23-22(17)25/h2-13H,1H3,(H,23,25). The Morgan fingerprint density at radius 3 is 2.60 bits per heavy atom. The van der Waals surface area contributed by atoms with Crippen LogP contribution < -0.4 is 5.56 Å². The molecule has 0 aliphatic heterocycles. The van der Waals surface area contributed by atoms with E-state index in [9.17, 15) is 4.79 Å². The van der Waals surface area contributed by atoms with Crippen LogP contribution in [0.25, 0.3) is 38.3 Å². The fourth-order valence-corrected chi connectivity index (χ4v) is 3.80. The van der Waals surface area contributed by atoms with E-state index >= 15 is 0 Å². The van der Waals surface area contributed by atoms with Gasteiger partial charge in [-0.1, -0.05) is 30.3 Å². The Kier molecular flexibility index (Phi) is 2.86. The Hall–Kier alpha value is -3.33. The van der Waals surface area contributed by atoms with Gasteiger partial charge in [0.1, 0.15) is 0 Å². The second kappa shape index (κ2) is 5.08. The predicted molar refractivity (Wildman–Crippen MR) is 104 cm³/mol. The highest BCUT2D eigenvalue weighted by molar-refractivity contribution is 6.11. The molecule has 0 amide bonds. The van der Waals surface area contributed by atoms with Crippen molar-refractivity contribution in [3.8, 4) is 5.69 Å². The third-order valence-corrected chi connectivity index (χ3v) is 4.92. The number of aryl methyl sites for hydroxylation is 1. The van der Waals surface area contributed by atoms with Crippen LogP contribution in [0, 0.1) is 6.92 Å². The fraction of sp³-hybridized carbons (Fsp3) is 0.0455. The first-order valence-corrected chi connectivity index (χ1v) is 8.35. The average molecular weight is 324 g/mol. The van der Waals surface area contributed by atoms with Gasteiger partial charge in [0.15, 0.2) is 0 Å². The smallest absolute Gasteiger partial charge is 0.255 e. The van der Waals surface area contributed by atoms with Crippen molar-refractivity contribution in [2.24, 2.45) is 0 Å². The van der Waals surface area contributed by atoms with Crippen molar-refractivity contribution in [2.75, 3.05) is 0 Å². The van der Waals surface area contributed by atoms with Gasteiger partial charge in [-0.15, -0.1) is 0 Å². The molecule has 25 heavy (non-hydrogen) atoms. The van der Waals surface area contributed by atoms with Crippen LogP contribution in [-0.2, 0) is 0 Å². The molecule has 0 spiro atoms. The van der Waals surface area contributed by atoms with Gasteiger partial charge in [0.05, 0.1) is 11.0 Å². The minimum Gasteiger partial charge on any atom is -0.329 e. The van der Waals surface area contributed by atoms with Crippen molar-refractivity contribution >= 4 is 32.6 Å². The number of H-pyrrole nitrogens is 1. The van der Waals surface area contributed by atoms with E-state index in [0.29, 0.717) is 5.39 Å². The molecular formula is C22H16N2O. The molecule has 120 valence electrons. The first kappa shape index (κ1) is 14.1. The van der Waals surface area contributed by atoms with Gasteiger partial charge in [-0.05, 0) is 54.3 Å². The molecule has 0 saturated carbocycles. The Morgan fingerprint density at radius 1 is 0.840 bits per heavy atom. The maximum Gasteiger partial charge on any atom is 0.255 e. The second-order valence-electron chi connectivity index (χ2n) is 6.40. The number of rotatable bonds is 1. The van der Waals surface area contributed by atoms with Gasteiger partial charge in [-0.25, -0.2) is 0 Å². The van der Waals surface area contributed by atoms with Crippen molar-refractivity contribution in [1.29, 1.82) is 0 Å². The normalized spacial score (nSPS) is 11.6. The van der Waals surface area contributed by atoms with E-state index in [4.69, 9.17) is 0 Å². The lowest BCUT2D eigenvalue weighted by Gasteiger charge is -2.09. The first-order chi connectivity index (χ1) is 12.2. The number of aromatic nitrogens is 2. The number of hydrogen-bond donors (Lipinski definition) is 1. The molecule has 5 rings (SSSR count). The molecule has 3 heteroatoms. The van der Waals surface area contributed by atoms with Crippen LogP contribution in [0.3, 0.4) is 0 Å². The largest absolute Gasteiger partial charge is 0.329 e. The Bertz CT molecular complexity index is 1320. The van der Waals surface area contributed by atoms with Gasteiger partial charge >= 0.3 is 0 Å². The molecule has 2 aromatic heterocycles. The third-order valence-electron chi connectivity index (χ3n) is 4.92. The van der Waals surface area contributed by atoms with Gasteiger partial charge in [0.25, 0.3) is 5.56 Å². The maximum atomic E-state index is 12.0. The van der Waals surface area contributed by atoms with Crippen LogP contribution in [0.15, 0.2) is 77.7 Å². The molecule has 0 saturated heterocycles. The highest BCUT2D eigenvalue weighted by Gasteiger charge is 2.13. The summed E-state index contributed by atoms with van der Waals surface area (Å²) in [6, 6.07) is 22.8. The Balaban J connectivity index is 1.95. The quantitative estimate of drug-likeness (QED) is 0.466. The molecule has 0 unspecified atom stereocenters. The lowest BCUT2D eigenvalue weighted by atomic mass is 10.1. The molecule has 0 atom stereocenters. The van der Waals surface area contributed by atoms with E-state index in [1.165, 1.54) is 27.4 Å². The van der Waals surface area contributed by atoms with Crippen LogP contribution in [0.4, 0.5) is 0 Å². The zero-order valence-electron chi connectivity index (χ0n) is 13.8. The van der Waals surface area contributed by atoms with Crippen LogP contribution in [0.2, 0.25) is 0 Å². The number of pyridine rings is 1. The molecule has 5 aromatic rings. The topological polar surface area (TPSA) is 37.8 Å². The summed E-state index contributed by atoms with van der Waals surface area (Å²) >= 11 is 0. The molecule has 3 nitrogen and oxygen atoms in total. The monoisotopic (exact) mass is 324 g/mol. The number of benzene rings is 3. The summed E-state index contributed by atoms with van der Waals surface area (Å²) < 4.78 is 2.28. The molecular weight excluding hydrogens is 308 g/mol. The maximum absolute atomic E-state index is 12.0. The molecule has 0 fully saturated rings. The second-order valence-corrected chi connectivity index (χ2v) is 6.40. The van der Waals surface area contributed by atoms with Crippen molar-refractivity contribution < 1.29 is 0 Å². The van der Waals surface area contributed by atoms with Gasteiger partial charge in [0.2, 0.25) is 0 Å². The van der Waals surface area contributed by atoms with Gasteiger partial charge in [-0.3, -0.25) is 4.79 Å². The lowest BCUT2D eigenvalue weighted by Crippen LogP contribution is -2.04. The van der Waals surface area contributed by atoms with Crippen molar-refractivity contribution in [1.82, 2.24) is 9.55 Å². The number of nitrogens with one attached hydrogen (secondary N) is 1. The summed E-state index contributed by atoms with van der Waals surface area (Å²) in [4.78, 5) is 14.7. The first-order valence-electron chi connectivity index (χ1n) is 8.35. The molecule has 1 N–H and O–H groups in total. The minimum absolute atomic E-state index is 0.0536. The van der Waals surface area contributed by atoms with Gasteiger partial charge in [-0.2, -0.15) is 0 Å². The van der Waals surface area contributed by atoms with E-state index in [1.807, 2.05) is 18.2 Å². The summed E-state index contributed by atoms with van der Waals surface area (Å²) in [5.41, 5.74) is 4.64. The van der Waals surface area contributed by atoms with Crippen LogP contribution in [0.1, 0.15) is 5.56 Å². The summed E-state index contributed by atoms with van der Waals surface area (Å²) in [6.07, 6.45) is 1.70. The molecule has 0 aliphatic carbocycles. The zero-order chi connectivity index (χ0) is 17.0. The number of aromatic amines is 1. The molecule has 0 aliphatic rings. The predicted octanol–water partition coefficient (Wildman–Crippen LogP) is 4.93. The Morgan fingerprint density at radius 2 is 1.68 bits per heavy atom. The van der Waals surface area contributed by atoms with E-state index in [-0.39, 0.29) is 5.56 Å². The number of para-hydroxylation sites is 1. The van der Waals surface area contributed by atoms with Crippen molar-refractivity contribution in [3.63, 3.8) is 0 Å². The minimum atomic E-state index is -0.0536. The molecule has 0 radical (unpaired) electrons. The SMILES string of the molecule is Cc1cccc2c1c1ccccc1n2-c1ccc2c(=O)[nH]ccc2c1. The number of nitrogens with zero attached hydrogens (tertiary/aromatic N) is 1. The van der Waals surface area contributed by atoms with Crippen LogP contribution in [-0.4, -0.2) is 9.55 Å². The molecule has 3 aromatic carbocycles. The van der Waals surface area contributed by atoms with E-state index in [0.717, 1.165) is 11.1 Å². The van der Waals surface area contributed by atoms with E-state index < -0.39 is 0 Å². The number of hydrogen-bond acceptors (Lipinski definition) is 1. The van der Waals surface area contributed by atoms with Crippen LogP contribution >= 0.6 is 0 Å². The fourth-order valence-electron chi connectivity index (χ4n) is 3.80. The zero-order valence-corrected chi connectivity index (χ0v) is 13.8. The molecule has 0 bridgehead atoms. The van der Waals surface area contributed by atoms with Crippen LogP contribution in [0.5, 0.6) is 0 Å². The highest BCUT2D eigenvalue weighted by atomic mass is 16.1. The third kappa shape index (κ3) is 1.96. The summed E-state index contributed by atoms with van der Waals surface area (Å²) in [7, 11) is 0. The summed E-state index contributed by atoms with van der Waals surface area (Å²) in [5.74, 6) is 0. The molecule has 2 heterocycles. The van der Waals surface area contributed by atoms with Crippen molar-refractivity contribution in [3.05, 3.63) is 88.8 Å².